The molecule has 0 radical (unpaired) electrons. The normalized spacial score (nSPS) is 15.7. The van der Waals surface area contributed by atoms with Crippen molar-refractivity contribution in [3.05, 3.63) is 34.9 Å². The summed E-state index contributed by atoms with van der Waals surface area (Å²) in [6.07, 6.45) is 3.70. The Morgan fingerprint density at radius 2 is 2.04 bits per heavy atom. The molecule has 0 aliphatic heterocycles. The van der Waals surface area contributed by atoms with Crippen LogP contribution in [0.5, 0.6) is 0 Å². The number of hydrogen-bond acceptors (Lipinski definition) is 2. The number of carbonyl (C=O) groups excluding carboxylic acids is 1. The maximum Gasteiger partial charge on any atom is 0.221 e. The van der Waals surface area contributed by atoms with E-state index in [1.807, 2.05) is 25.1 Å². The van der Waals surface area contributed by atoms with Gasteiger partial charge in [0.2, 0.25) is 5.91 Å². The number of amides is 1. The second-order valence-corrected chi connectivity index (χ2v) is 6.68. The molecule has 1 aromatic carbocycles. The zero-order valence-electron chi connectivity index (χ0n) is 14.5. The van der Waals surface area contributed by atoms with Crippen molar-refractivity contribution in [2.24, 2.45) is 4.99 Å². The maximum absolute atomic E-state index is 11.6. The first kappa shape index (κ1) is 18.6. The van der Waals surface area contributed by atoms with E-state index in [4.69, 9.17) is 11.6 Å². The van der Waals surface area contributed by atoms with Crippen LogP contribution in [0.4, 0.5) is 0 Å². The minimum Gasteiger partial charge on any atom is -0.356 e. The molecule has 1 amide bonds. The van der Waals surface area contributed by atoms with Crippen LogP contribution < -0.4 is 16.0 Å². The molecule has 1 fully saturated rings. The van der Waals surface area contributed by atoms with Gasteiger partial charge in [0, 0.05) is 43.5 Å². The molecule has 1 aromatic rings. The summed E-state index contributed by atoms with van der Waals surface area (Å²) in [6, 6.07) is 8.08. The predicted octanol–water partition coefficient (Wildman–Crippen LogP) is 2.45. The summed E-state index contributed by atoms with van der Waals surface area (Å²) >= 11 is 6.11. The molecule has 0 saturated heterocycles. The van der Waals surface area contributed by atoms with Crippen LogP contribution in [0.3, 0.4) is 0 Å². The first-order valence-electron chi connectivity index (χ1n) is 8.57. The fourth-order valence-corrected chi connectivity index (χ4v) is 2.85. The monoisotopic (exact) mass is 350 g/mol. The number of aliphatic imine (C=N–C) groups is 1. The Morgan fingerprint density at radius 3 is 2.67 bits per heavy atom. The predicted molar refractivity (Wildman–Crippen MR) is 99.6 cm³/mol. The number of nitrogens with zero attached hydrogens (tertiary/aromatic N) is 1. The molecule has 0 heterocycles. The lowest BCUT2D eigenvalue weighted by atomic mass is 9.96. The number of guanidine groups is 1. The van der Waals surface area contributed by atoms with E-state index in [1.165, 1.54) is 5.56 Å². The number of benzene rings is 1. The van der Waals surface area contributed by atoms with E-state index in [0.29, 0.717) is 13.0 Å². The standard InChI is InChI=1S/C18H27ClN4O/c1-3-10-21-16(24)7-11-22-17(20-2)23-13-18(8-9-18)14-5-4-6-15(19)12-14/h4-6,12H,3,7-11,13H2,1-2H3,(H,21,24)(H2,20,22,23). The zero-order chi connectivity index (χ0) is 17.4. The summed E-state index contributed by atoms with van der Waals surface area (Å²) in [4.78, 5) is 15.8. The van der Waals surface area contributed by atoms with Gasteiger partial charge in [-0.05, 0) is 37.0 Å². The molecule has 2 rings (SSSR count). The minimum atomic E-state index is 0.0670. The van der Waals surface area contributed by atoms with Crippen molar-refractivity contribution in [1.82, 2.24) is 16.0 Å². The van der Waals surface area contributed by atoms with E-state index in [0.717, 1.165) is 43.3 Å². The highest BCUT2D eigenvalue weighted by atomic mass is 35.5. The molecule has 5 nitrogen and oxygen atoms in total. The van der Waals surface area contributed by atoms with Crippen molar-refractivity contribution in [2.45, 2.75) is 38.0 Å². The van der Waals surface area contributed by atoms with Gasteiger partial charge in [-0.15, -0.1) is 0 Å². The molecule has 24 heavy (non-hydrogen) atoms. The summed E-state index contributed by atoms with van der Waals surface area (Å²) in [5.41, 5.74) is 1.43. The van der Waals surface area contributed by atoms with Gasteiger partial charge in [-0.2, -0.15) is 0 Å². The largest absolute Gasteiger partial charge is 0.356 e. The third-order valence-corrected chi connectivity index (χ3v) is 4.56. The lowest BCUT2D eigenvalue weighted by Crippen LogP contribution is -2.42. The average molecular weight is 351 g/mol. The smallest absolute Gasteiger partial charge is 0.221 e. The molecular weight excluding hydrogens is 324 g/mol. The third kappa shape index (κ3) is 5.41. The Labute approximate surface area is 149 Å². The van der Waals surface area contributed by atoms with Crippen molar-refractivity contribution in [2.75, 3.05) is 26.7 Å². The van der Waals surface area contributed by atoms with E-state index in [-0.39, 0.29) is 11.3 Å². The van der Waals surface area contributed by atoms with Crippen LogP contribution in [0.25, 0.3) is 0 Å². The first-order chi connectivity index (χ1) is 11.6. The molecule has 0 spiro atoms. The number of hydrogen-bond donors (Lipinski definition) is 3. The lowest BCUT2D eigenvalue weighted by molar-refractivity contribution is -0.120. The fourth-order valence-electron chi connectivity index (χ4n) is 2.66. The average Bonchev–Trinajstić information content (AvgIpc) is 3.37. The number of rotatable bonds is 8. The molecule has 132 valence electrons. The van der Waals surface area contributed by atoms with Crippen LogP contribution in [0.2, 0.25) is 5.02 Å². The van der Waals surface area contributed by atoms with E-state index in [9.17, 15) is 4.79 Å². The van der Waals surface area contributed by atoms with Crippen LogP contribution in [0.15, 0.2) is 29.3 Å². The van der Waals surface area contributed by atoms with Gasteiger partial charge in [-0.3, -0.25) is 9.79 Å². The van der Waals surface area contributed by atoms with Crippen molar-refractivity contribution in [3.63, 3.8) is 0 Å². The van der Waals surface area contributed by atoms with Crippen molar-refractivity contribution < 1.29 is 4.79 Å². The van der Waals surface area contributed by atoms with Gasteiger partial charge in [0.1, 0.15) is 0 Å². The molecule has 0 aromatic heterocycles. The second kappa shape index (κ2) is 8.92. The Bertz CT molecular complexity index is 584. The topological polar surface area (TPSA) is 65.5 Å². The maximum atomic E-state index is 11.6. The summed E-state index contributed by atoms with van der Waals surface area (Å²) in [6.45, 7) is 4.15. The van der Waals surface area contributed by atoms with E-state index in [2.05, 4.69) is 27.0 Å². The van der Waals surface area contributed by atoms with E-state index >= 15 is 0 Å². The summed E-state index contributed by atoms with van der Waals surface area (Å²) in [5, 5.41) is 10.2. The molecular formula is C18H27ClN4O. The minimum absolute atomic E-state index is 0.0670. The van der Waals surface area contributed by atoms with E-state index in [1.54, 1.807) is 7.05 Å². The molecule has 1 saturated carbocycles. The van der Waals surface area contributed by atoms with Gasteiger partial charge in [0.25, 0.3) is 0 Å². The summed E-state index contributed by atoms with van der Waals surface area (Å²) in [7, 11) is 1.74. The van der Waals surface area contributed by atoms with Crippen LogP contribution in [0.1, 0.15) is 38.2 Å². The van der Waals surface area contributed by atoms with Gasteiger partial charge >= 0.3 is 0 Å². The third-order valence-electron chi connectivity index (χ3n) is 4.33. The van der Waals surface area contributed by atoms with Gasteiger partial charge < -0.3 is 16.0 Å². The molecule has 0 bridgehead atoms. The number of carbonyl (C=O) groups is 1. The fraction of sp³-hybridized carbons (Fsp3) is 0.556. The molecule has 0 atom stereocenters. The summed E-state index contributed by atoms with van der Waals surface area (Å²) in [5.74, 6) is 0.795. The Hall–Kier alpha value is -1.75. The number of nitrogens with one attached hydrogen (secondary N) is 3. The van der Waals surface area contributed by atoms with Crippen LogP contribution in [-0.4, -0.2) is 38.5 Å². The van der Waals surface area contributed by atoms with Crippen molar-refractivity contribution in [1.29, 1.82) is 0 Å². The molecule has 1 aliphatic rings. The van der Waals surface area contributed by atoms with Gasteiger partial charge in [0.05, 0.1) is 0 Å². The molecule has 0 unspecified atom stereocenters. The van der Waals surface area contributed by atoms with Crippen molar-refractivity contribution >= 4 is 23.5 Å². The highest BCUT2D eigenvalue weighted by molar-refractivity contribution is 6.30. The van der Waals surface area contributed by atoms with Crippen LogP contribution in [-0.2, 0) is 10.2 Å². The lowest BCUT2D eigenvalue weighted by Gasteiger charge is -2.19. The Morgan fingerprint density at radius 1 is 1.25 bits per heavy atom. The Kier molecular flexibility index (Phi) is 6.91. The van der Waals surface area contributed by atoms with Crippen LogP contribution in [0, 0.1) is 0 Å². The van der Waals surface area contributed by atoms with Crippen LogP contribution >= 0.6 is 11.6 Å². The second-order valence-electron chi connectivity index (χ2n) is 6.24. The van der Waals surface area contributed by atoms with Gasteiger partial charge in [-0.25, -0.2) is 0 Å². The molecule has 6 heteroatoms. The zero-order valence-corrected chi connectivity index (χ0v) is 15.2. The van der Waals surface area contributed by atoms with Crippen molar-refractivity contribution in [3.8, 4) is 0 Å². The molecule has 1 aliphatic carbocycles. The SMILES string of the molecule is CCCNC(=O)CCNC(=NC)NCC1(c2cccc(Cl)c2)CC1. The Balaban J connectivity index is 1.77. The summed E-state index contributed by atoms with van der Waals surface area (Å²) < 4.78 is 0. The molecule has 3 N–H and O–H groups in total. The highest BCUT2D eigenvalue weighted by Crippen LogP contribution is 2.48. The van der Waals surface area contributed by atoms with E-state index < -0.39 is 0 Å². The van der Waals surface area contributed by atoms with Gasteiger partial charge in [0.15, 0.2) is 5.96 Å². The first-order valence-corrected chi connectivity index (χ1v) is 8.95. The quantitative estimate of drug-likeness (QED) is 0.498. The highest BCUT2D eigenvalue weighted by Gasteiger charge is 2.44. The van der Waals surface area contributed by atoms with Gasteiger partial charge in [-0.1, -0.05) is 30.7 Å². The number of halogens is 1.